The third-order valence-electron chi connectivity index (χ3n) is 8.52. The second kappa shape index (κ2) is 8.97. The number of para-hydroxylation sites is 2. The lowest BCUT2D eigenvalue weighted by Gasteiger charge is -2.30. The van der Waals surface area contributed by atoms with Gasteiger partial charge in [0.05, 0.1) is 28.7 Å². The second-order valence-electron chi connectivity index (χ2n) is 10.6. The number of hydrogen-bond donors (Lipinski definition) is 0. The van der Waals surface area contributed by atoms with Crippen LogP contribution in [0.3, 0.4) is 0 Å². The van der Waals surface area contributed by atoms with Crippen molar-refractivity contribution in [2.75, 3.05) is 4.90 Å². The quantitative estimate of drug-likeness (QED) is 0.243. The molecule has 0 amide bonds. The molecule has 40 heavy (non-hydrogen) atoms. The van der Waals surface area contributed by atoms with Crippen molar-refractivity contribution in [1.82, 2.24) is 9.55 Å². The molecule has 0 bridgehead atoms. The summed E-state index contributed by atoms with van der Waals surface area (Å²) < 4.78 is 2.21. The zero-order valence-corrected chi connectivity index (χ0v) is 21.9. The van der Waals surface area contributed by atoms with Crippen LogP contribution in [0.25, 0.3) is 38.8 Å². The Morgan fingerprint density at radius 2 is 1.62 bits per heavy atom. The van der Waals surface area contributed by atoms with E-state index in [1.165, 1.54) is 22.0 Å². The van der Waals surface area contributed by atoms with E-state index in [2.05, 4.69) is 125 Å². The summed E-state index contributed by atoms with van der Waals surface area (Å²) in [5.41, 5.74) is 8.60. The summed E-state index contributed by atoms with van der Waals surface area (Å²) >= 11 is 0. The summed E-state index contributed by atoms with van der Waals surface area (Å²) in [7, 11) is 0. The number of benzene rings is 3. The fraction of sp³-hybridized carbons (Fsp3) is 0.111. The largest absolute Gasteiger partial charge is 0.334 e. The Kier molecular flexibility index (Phi) is 5.11. The van der Waals surface area contributed by atoms with Crippen LogP contribution in [0.1, 0.15) is 18.4 Å². The number of allylic oxidation sites excluding steroid dienone is 4. The van der Waals surface area contributed by atoms with Gasteiger partial charge < -0.3 is 4.90 Å². The van der Waals surface area contributed by atoms with Gasteiger partial charge in [-0.3, -0.25) is 4.57 Å². The molecule has 2 unspecified atom stereocenters. The number of rotatable bonds is 3. The van der Waals surface area contributed by atoms with E-state index in [1.54, 1.807) is 0 Å². The van der Waals surface area contributed by atoms with Gasteiger partial charge in [0.25, 0.3) is 0 Å². The van der Waals surface area contributed by atoms with Crippen molar-refractivity contribution in [2.24, 2.45) is 5.92 Å². The molecule has 0 fully saturated rings. The van der Waals surface area contributed by atoms with Crippen molar-refractivity contribution >= 4 is 27.5 Å². The first-order valence-electron chi connectivity index (χ1n) is 13.8. The summed E-state index contributed by atoms with van der Waals surface area (Å²) in [6.45, 7) is 0. The first-order valence-corrected chi connectivity index (χ1v) is 13.8. The zero-order chi connectivity index (χ0) is 26.6. The summed E-state index contributed by atoms with van der Waals surface area (Å²) in [4.78, 5) is 7.30. The van der Waals surface area contributed by atoms with Crippen LogP contribution in [-0.4, -0.2) is 15.6 Å². The van der Waals surface area contributed by atoms with Gasteiger partial charge in [-0.2, -0.15) is 5.26 Å². The van der Waals surface area contributed by atoms with Crippen LogP contribution in [0.2, 0.25) is 0 Å². The monoisotopic (exact) mass is 514 g/mol. The van der Waals surface area contributed by atoms with E-state index < -0.39 is 0 Å². The van der Waals surface area contributed by atoms with Gasteiger partial charge in [-0.05, 0) is 60.9 Å². The summed E-state index contributed by atoms with van der Waals surface area (Å²) in [5, 5.41) is 12.6. The molecule has 4 heteroatoms. The van der Waals surface area contributed by atoms with Crippen LogP contribution >= 0.6 is 0 Å². The summed E-state index contributed by atoms with van der Waals surface area (Å²) in [5.74, 6) is 1.26. The van der Waals surface area contributed by atoms with Crippen LogP contribution in [0.4, 0.5) is 5.69 Å². The number of fused-ring (bicyclic) bond motifs is 5. The maximum absolute atomic E-state index is 10.2. The molecule has 3 aromatic carbocycles. The molecule has 0 radical (unpaired) electrons. The Balaban J connectivity index is 1.18. The molecule has 190 valence electrons. The number of pyridine rings is 1. The molecule has 4 nitrogen and oxygen atoms in total. The summed E-state index contributed by atoms with van der Waals surface area (Å²) in [6.07, 6.45) is 17.5. The van der Waals surface area contributed by atoms with Gasteiger partial charge in [0.2, 0.25) is 0 Å². The third-order valence-corrected chi connectivity index (χ3v) is 8.52. The molecule has 1 aliphatic heterocycles. The highest BCUT2D eigenvalue weighted by molar-refractivity contribution is 6.09. The minimum atomic E-state index is 0.252. The van der Waals surface area contributed by atoms with Crippen LogP contribution < -0.4 is 4.90 Å². The third kappa shape index (κ3) is 3.34. The average Bonchev–Trinajstić information content (AvgIpc) is 3.54. The first-order chi connectivity index (χ1) is 19.8. The Morgan fingerprint density at radius 1 is 0.850 bits per heavy atom. The van der Waals surface area contributed by atoms with E-state index in [4.69, 9.17) is 4.98 Å². The van der Waals surface area contributed by atoms with Gasteiger partial charge in [-0.25, -0.2) is 4.98 Å². The first kappa shape index (κ1) is 22.8. The smallest absolute Gasteiger partial charge is 0.137 e. The topological polar surface area (TPSA) is 44.9 Å². The highest BCUT2D eigenvalue weighted by atomic mass is 15.2. The predicted molar refractivity (Wildman–Crippen MR) is 162 cm³/mol. The Morgan fingerprint density at radius 3 is 2.38 bits per heavy atom. The number of aromatic nitrogens is 2. The molecule has 2 aromatic heterocycles. The second-order valence-corrected chi connectivity index (χ2v) is 10.6. The Labute approximate surface area is 233 Å². The fourth-order valence-electron chi connectivity index (χ4n) is 6.75. The Hall–Kier alpha value is -5.14. The van der Waals surface area contributed by atoms with Crippen molar-refractivity contribution in [3.63, 3.8) is 0 Å². The van der Waals surface area contributed by atoms with Crippen molar-refractivity contribution in [1.29, 1.82) is 5.26 Å². The average molecular weight is 515 g/mol. The Bertz CT molecular complexity index is 1920. The normalized spacial score (nSPS) is 19.3. The molecule has 3 heterocycles. The fourth-order valence-corrected chi connectivity index (χ4v) is 6.75. The molecule has 0 saturated carbocycles. The van der Waals surface area contributed by atoms with Crippen molar-refractivity contribution in [2.45, 2.75) is 18.9 Å². The van der Waals surface area contributed by atoms with Gasteiger partial charge in [-0.15, -0.1) is 0 Å². The molecule has 0 spiro atoms. The lowest BCUT2D eigenvalue weighted by Crippen LogP contribution is -2.32. The van der Waals surface area contributed by atoms with Gasteiger partial charge in [0.1, 0.15) is 5.82 Å². The van der Waals surface area contributed by atoms with Gasteiger partial charge in [0, 0.05) is 45.4 Å². The number of hydrogen-bond acceptors (Lipinski definition) is 3. The van der Waals surface area contributed by atoms with E-state index in [0.29, 0.717) is 11.5 Å². The molecule has 8 rings (SSSR count). The standard InChI is InChI=1S/C36H26N4/c37-22-25-21-26(39-32-13-5-1-9-28(32)29-10-2-6-14-33(29)39)18-19-27(25)24-17-20-36(38-23-24)40-34-15-7-3-11-30(34)31-12-4-8-16-35(31)40/h1,3-9,11-21,23,28,32H,2,10H2. The number of nitrogens with zero attached hydrogens (tertiary/aromatic N) is 4. The van der Waals surface area contributed by atoms with E-state index in [1.807, 2.05) is 12.3 Å². The molecule has 2 aliphatic carbocycles. The van der Waals surface area contributed by atoms with E-state index in [9.17, 15) is 5.26 Å². The van der Waals surface area contributed by atoms with E-state index in [0.717, 1.165) is 46.5 Å². The minimum absolute atomic E-state index is 0.252. The molecule has 2 atom stereocenters. The highest BCUT2D eigenvalue weighted by Crippen LogP contribution is 2.45. The SMILES string of the molecule is N#Cc1cc(N2C3=C(CCC=C3)C3C=CC=CC32)ccc1-c1ccc(-n2c3ccccc3c3ccccc32)nc1. The summed E-state index contributed by atoms with van der Waals surface area (Å²) in [6, 6.07) is 30.0. The van der Waals surface area contributed by atoms with Gasteiger partial charge in [0.15, 0.2) is 0 Å². The lowest BCUT2D eigenvalue weighted by molar-refractivity contribution is 0.658. The molecule has 0 saturated heterocycles. The number of anilines is 1. The maximum atomic E-state index is 10.2. The molecular weight excluding hydrogens is 488 g/mol. The van der Waals surface area contributed by atoms with Crippen molar-refractivity contribution < 1.29 is 0 Å². The molecular formula is C36H26N4. The highest BCUT2D eigenvalue weighted by Gasteiger charge is 2.39. The van der Waals surface area contributed by atoms with Crippen LogP contribution in [0, 0.1) is 17.2 Å². The van der Waals surface area contributed by atoms with Crippen LogP contribution in [-0.2, 0) is 0 Å². The molecule has 5 aromatic rings. The van der Waals surface area contributed by atoms with E-state index >= 15 is 0 Å². The van der Waals surface area contributed by atoms with Crippen molar-refractivity contribution in [3.05, 3.63) is 138 Å². The van der Waals surface area contributed by atoms with Gasteiger partial charge >= 0.3 is 0 Å². The minimum Gasteiger partial charge on any atom is -0.334 e. The van der Waals surface area contributed by atoms with Gasteiger partial charge in [-0.1, -0.05) is 72.8 Å². The number of nitriles is 1. The molecule has 0 N–H and O–H groups in total. The zero-order valence-electron chi connectivity index (χ0n) is 21.9. The van der Waals surface area contributed by atoms with E-state index in [-0.39, 0.29) is 6.04 Å². The van der Waals surface area contributed by atoms with Crippen LogP contribution in [0.5, 0.6) is 0 Å². The lowest BCUT2D eigenvalue weighted by atomic mass is 9.87. The van der Waals surface area contributed by atoms with Crippen molar-refractivity contribution in [3.8, 4) is 23.0 Å². The van der Waals surface area contributed by atoms with Crippen LogP contribution in [0.15, 0.2) is 133 Å². The maximum Gasteiger partial charge on any atom is 0.137 e. The predicted octanol–water partition coefficient (Wildman–Crippen LogP) is 8.25. The molecule has 3 aliphatic rings.